The summed E-state index contributed by atoms with van der Waals surface area (Å²) in [5.41, 5.74) is 9.97. The summed E-state index contributed by atoms with van der Waals surface area (Å²) in [4.78, 5) is 0. The van der Waals surface area contributed by atoms with Gasteiger partial charge in [-0.15, -0.1) is 0 Å². The maximum absolute atomic E-state index is 5.67. The molecule has 3 N–H and O–H groups in total. The van der Waals surface area contributed by atoms with E-state index in [0.29, 0.717) is 5.82 Å². The second-order valence-electron chi connectivity index (χ2n) is 5.83. The maximum atomic E-state index is 5.67. The van der Waals surface area contributed by atoms with Crippen LogP contribution in [0.5, 0.6) is 5.75 Å². The van der Waals surface area contributed by atoms with Crippen molar-refractivity contribution in [1.82, 2.24) is 10.2 Å². The largest absolute Gasteiger partial charge is 0.496 e. The molecule has 0 saturated heterocycles. The van der Waals surface area contributed by atoms with Gasteiger partial charge in [0.25, 0.3) is 0 Å². The Morgan fingerprint density at radius 3 is 2.37 bits per heavy atom. The highest BCUT2D eigenvalue weighted by Crippen LogP contribution is 2.37. The number of nitrogens with zero attached hydrogens (tertiary/aromatic N) is 1. The molecule has 0 spiro atoms. The van der Waals surface area contributed by atoms with Gasteiger partial charge in [0.05, 0.1) is 12.8 Å². The van der Waals surface area contributed by atoms with Gasteiger partial charge in [-0.05, 0) is 30.0 Å². The van der Waals surface area contributed by atoms with Crippen LogP contribution in [0.1, 0.15) is 31.9 Å². The summed E-state index contributed by atoms with van der Waals surface area (Å²) in [6, 6.07) is 6.06. The maximum Gasteiger partial charge on any atom is 0.145 e. The van der Waals surface area contributed by atoms with E-state index in [1.165, 1.54) is 5.56 Å². The smallest absolute Gasteiger partial charge is 0.145 e. The SMILES string of the molecule is COc1c(C)cc(-c2cc(N)n[nH]2)cc1C(C)(C)C. The van der Waals surface area contributed by atoms with Crippen LogP contribution in [0.2, 0.25) is 0 Å². The molecule has 0 bridgehead atoms. The van der Waals surface area contributed by atoms with Gasteiger partial charge in [0, 0.05) is 17.2 Å². The zero-order chi connectivity index (χ0) is 14.2. The number of ether oxygens (including phenoxy) is 1. The lowest BCUT2D eigenvalue weighted by Gasteiger charge is -2.24. The second-order valence-corrected chi connectivity index (χ2v) is 5.83. The monoisotopic (exact) mass is 259 g/mol. The molecule has 2 aromatic rings. The predicted octanol–water partition coefficient (Wildman–Crippen LogP) is 3.27. The van der Waals surface area contributed by atoms with Crippen molar-refractivity contribution in [2.45, 2.75) is 33.1 Å². The third-order valence-electron chi connectivity index (χ3n) is 3.20. The van der Waals surface area contributed by atoms with Crippen LogP contribution in [0.15, 0.2) is 18.2 Å². The van der Waals surface area contributed by atoms with Crippen LogP contribution in [0.3, 0.4) is 0 Å². The fraction of sp³-hybridized carbons (Fsp3) is 0.400. The summed E-state index contributed by atoms with van der Waals surface area (Å²) < 4.78 is 5.55. The minimum Gasteiger partial charge on any atom is -0.496 e. The van der Waals surface area contributed by atoms with Gasteiger partial charge in [-0.1, -0.05) is 20.8 Å². The van der Waals surface area contributed by atoms with E-state index in [1.807, 2.05) is 6.07 Å². The average Bonchev–Trinajstić information content (AvgIpc) is 2.73. The van der Waals surface area contributed by atoms with Crippen molar-refractivity contribution in [3.05, 3.63) is 29.3 Å². The van der Waals surface area contributed by atoms with Crippen LogP contribution in [-0.4, -0.2) is 17.3 Å². The number of aryl methyl sites for hydroxylation is 1. The molecule has 0 aliphatic heterocycles. The van der Waals surface area contributed by atoms with Crippen LogP contribution in [-0.2, 0) is 5.41 Å². The van der Waals surface area contributed by atoms with Gasteiger partial charge >= 0.3 is 0 Å². The summed E-state index contributed by atoms with van der Waals surface area (Å²) >= 11 is 0. The van der Waals surface area contributed by atoms with E-state index in [0.717, 1.165) is 22.6 Å². The molecule has 0 saturated carbocycles. The highest BCUT2D eigenvalue weighted by atomic mass is 16.5. The molecular formula is C15H21N3O. The number of methoxy groups -OCH3 is 1. The molecule has 0 amide bonds. The summed E-state index contributed by atoms with van der Waals surface area (Å²) in [6.07, 6.45) is 0. The molecule has 4 heteroatoms. The Kier molecular flexibility index (Phi) is 3.27. The van der Waals surface area contributed by atoms with Crippen molar-refractivity contribution < 1.29 is 4.74 Å². The summed E-state index contributed by atoms with van der Waals surface area (Å²) in [7, 11) is 1.71. The molecule has 1 heterocycles. The fourth-order valence-electron chi connectivity index (χ4n) is 2.24. The summed E-state index contributed by atoms with van der Waals surface area (Å²) in [6.45, 7) is 8.58. The summed E-state index contributed by atoms with van der Waals surface area (Å²) in [5, 5.41) is 6.93. The molecule has 1 aromatic carbocycles. The van der Waals surface area contributed by atoms with Gasteiger partial charge in [-0.3, -0.25) is 5.10 Å². The number of rotatable bonds is 2. The quantitative estimate of drug-likeness (QED) is 0.870. The van der Waals surface area contributed by atoms with Crippen molar-refractivity contribution in [2.75, 3.05) is 12.8 Å². The molecule has 0 fully saturated rings. The highest BCUT2D eigenvalue weighted by molar-refractivity contribution is 5.67. The van der Waals surface area contributed by atoms with Gasteiger partial charge in [0.2, 0.25) is 0 Å². The van der Waals surface area contributed by atoms with E-state index in [9.17, 15) is 0 Å². The number of H-pyrrole nitrogens is 1. The standard InChI is InChI=1S/C15H21N3O/c1-9-6-10(12-8-13(16)18-17-12)7-11(14(9)19-5)15(2,3)4/h6-8H,1-5H3,(H3,16,17,18). The van der Waals surface area contributed by atoms with Crippen LogP contribution >= 0.6 is 0 Å². The van der Waals surface area contributed by atoms with Crippen molar-refractivity contribution >= 4 is 5.82 Å². The molecule has 0 atom stereocenters. The third kappa shape index (κ3) is 2.57. The topological polar surface area (TPSA) is 63.9 Å². The van der Waals surface area contributed by atoms with Gasteiger partial charge in [0.15, 0.2) is 0 Å². The van der Waals surface area contributed by atoms with Crippen molar-refractivity contribution in [3.63, 3.8) is 0 Å². The first-order valence-corrected chi connectivity index (χ1v) is 6.33. The van der Waals surface area contributed by atoms with Gasteiger partial charge in [-0.25, -0.2) is 0 Å². The van der Waals surface area contributed by atoms with Crippen LogP contribution in [0.4, 0.5) is 5.82 Å². The molecule has 0 unspecified atom stereocenters. The lowest BCUT2D eigenvalue weighted by Crippen LogP contribution is -2.13. The minimum atomic E-state index is 0.0116. The van der Waals surface area contributed by atoms with Crippen molar-refractivity contribution in [3.8, 4) is 17.0 Å². The molecule has 0 aliphatic rings. The molecule has 2 rings (SSSR count). The predicted molar refractivity (Wildman–Crippen MR) is 78.4 cm³/mol. The first kappa shape index (κ1) is 13.5. The average molecular weight is 259 g/mol. The Hall–Kier alpha value is -1.97. The lowest BCUT2D eigenvalue weighted by molar-refractivity contribution is 0.394. The minimum absolute atomic E-state index is 0.0116. The number of aromatic amines is 1. The molecule has 0 aliphatic carbocycles. The van der Waals surface area contributed by atoms with Crippen molar-refractivity contribution in [2.24, 2.45) is 0 Å². The van der Waals surface area contributed by atoms with Crippen LogP contribution in [0, 0.1) is 6.92 Å². The Bertz CT molecular complexity index is 594. The lowest BCUT2D eigenvalue weighted by atomic mass is 9.84. The van der Waals surface area contributed by atoms with E-state index in [1.54, 1.807) is 7.11 Å². The Balaban J connectivity index is 2.63. The van der Waals surface area contributed by atoms with E-state index in [4.69, 9.17) is 10.5 Å². The van der Waals surface area contributed by atoms with Gasteiger partial charge in [-0.2, -0.15) is 5.10 Å². The third-order valence-corrected chi connectivity index (χ3v) is 3.20. The van der Waals surface area contributed by atoms with E-state index in [2.05, 4.69) is 50.0 Å². The number of hydrogen-bond acceptors (Lipinski definition) is 3. The number of anilines is 1. The number of benzene rings is 1. The van der Waals surface area contributed by atoms with Gasteiger partial charge in [0.1, 0.15) is 11.6 Å². The van der Waals surface area contributed by atoms with E-state index in [-0.39, 0.29) is 5.41 Å². The number of aromatic nitrogens is 2. The molecular weight excluding hydrogens is 238 g/mol. The first-order chi connectivity index (χ1) is 8.82. The van der Waals surface area contributed by atoms with E-state index >= 15 is 0 Å². The summed E-state index contributed by atoms with van der Waals surface area (Å²) in [5.74, 6) is 1.45. The Morgan fingerprint density at radius 1 is 1.21 bits per heavy atom. The number of nitrogen functional groups attached to an aromatic ring is 1. The zero-order valence-electron chi connectivity index (χ0n) is 12.2. The van der Waals surface area contributed by atoms with Crippen LogP contribution < -0.4 is 10.5 Å². The molecule has 0 radical (unpaired) electrons. The molecule has 19 heavy (non-hydrogen) atoms. The normalized spacial score (nSPS) is 11.6. The zero-order valence-corrected chi connectivity index (χ0v) is 12.2. The number of nitrogens with one attached hydrogen (secondary N) is 1. The fourth-order valence-corrected chi connectivity index (χ4v) is 2.24. The molecule has 102 valence electrons. The van der Waals surface area contributed by atoms with Gasteiger partial charge < -0.3 is 10.5 Å². The first-order valence-electron chi connectivity index (χ1n) is 6.33. The number of nitrogens with two attached hydrogens (primary N) is 1. The number of hydrogen-bond donors (Lipinski definition) is 2. The van der Waals surface area contributed by atoms with Crippen LogP contribution in [0.25, 0.3) is 11.3 Å². The second kappa shape index (κ2) is 4.61. The highest BCUT2D eigenvalue weighted by Gasteiger charge is 2.21. The van der Waals surface area contributed by atoms with Crippen molar-refractivity contribution in [1.29, 1.82) is 0 Å². The van der Waals surface area contributed by atoms with E-state index < -0.39 is 0 Å². The molecule has 1 aromatic heterocycles. The molecule has 4 nitrogen and oxygen atoms in total. The Labute approximate surface area is 114 Å². The Morgan fingerprint density at radius 2 is 1.89 bits per heavy atom.